The van der Waals surface area contributed by atoms with Gasteiger partial charge in [0.15, 0.2) is 5.78 Å². The summed E-state index contributed by atoms with van der Waals surface area (Å²) >= 11 is 1.42. The second-order valence-corrected chi connectivity index (χ2v) is 6.89. The van der Waals surface area contributed by atoms with E-state index in [9.17, 15) is 14.4 Å². The molecule has 1 unspecified atom stereocenters. The lowest BCUT2D eigenvalue weighted by Gasteiger charge is -2.18. The lowest BCUT2D eigenvalue weighted by atomic mass is 10.0. The van der Waals surface area contributed by atoms with Crippen molar-refractivity contribution >= 4 is 29.0 Å². The van der Waals surface area contributed by atoms with Crippen LogP contribution in [0.2, 0.25) is 0 Å². The molecule has 0 spiro atoms. The van der Waals surface area contributed by atoms with E-state index < -0.39 is 12.0 Å². The molecule has 1 amide bonds. The van der Waals surface area contributed by atoms with Gasteiger partial charge >= 0.3 is 5.97 Å². The van der Waals surface area contributed by atoms with Gasteiger partial charge in [0, 0.05) is 17.7 Å². The first-order valence-corrected chi connectivity index (χ1v) is 8.12. The van der Waals surface area contributed by atoms with Gasteiger partial charge < -0.3 is 10.1 Å². The van der Waals surface area contributed by atoms with Gasteiger partial charge in [-0.05, 0) is 31.4 Å². The van der Waals surface area contributed by atoms with Crippen LogP contribution in [0.3, 0.4) is 0 Å². The maximum Gasteiger partial charge on any atom is 0.328 e. The van der Waals surface area contributed by atoms with Crippen molar-refractivity contribution in [2.75, 3.05) is 7.11 Å². The highest BCUT2D eigenvalue weighted by Crippen LogP contribution is 2.17. The maximum atomic E-state index is 12.0. The number of hydrogen-bond acceptors (Lipinski definition) is 5. The molecular weight excluding hydrogens is 302 g/mol. The van der Waals surface area contributed by atoms with Gasteiger partial charge in [-0.1, -0.05) is 13.8 Å². The van der Waals surface area contributed by atoms with E-state index >= 15 is 0 Å². The molecule has 0 aliphatic carbocycles. The molecule has 1 N–H and O–H groups in total. The largest absolute Gasteiger partial charge is 0.467 e. The molecular formula is C16H23NO4S. The molecule has 1 atom stereocenters. The van der Waals surface area contributed by atoms with E-state index in [2.05, 4.69) is 5.32 Å². The second-order valence-electron chi connectivity index (χ2n) is 5.61. The smallest absolute Gasteiger partial charge is 0.328 e. The van der Waals surface area contributed by atoms with Crippen molar-refractivity contribution in [1.82, 2.24) is 5.32 Å². The number of aryl methyl sites for hydroxylation is 1. The number of rotatable bonds is 8. The van der Waals surface area contributed by atoms with E-state index in [0.29, 0.717) is 11.3 Å². The Morgan fingerprint density at radius 1 is 1.23 bits per heavy atom. The molecule has 0 saturated carbocycles. The van der Waals surface area contributed by atoms with Crippen LogP contribution in [0.4, 0.5) is 0 Å². The van der Waals surface area contributed by atoms with Crippen molar-refractivity contribution in [2.24, 2.45) is 5.92 Å². The molecule has 1 rings (SSSR count). The molecule has 0 bridgehead atoms. The minimum Gasteiger partial charge on any atom is -0.467 e. The quantitative estimate of drug-likeness (QED) is 0.589. The molecule has 0 saturated heterocycles. The number of ketones is 1. The number of hydrogen-bond donors (Lipinski definition) is 1. The minimum atomic E-state index is -0.656. The Morgan fingerprint density at radius 3 is 2.41 bits per heavy atom. The molecule has 0 fully saturated rings. The Bertz CT molecular complexity index is 536. The molecule has 0 aliphatic rings. The Kier molecular flexibility index (Phi) is 7.24. The standard InChI is InChI=1S/C16H23NO4S/c1-10(2)9-12(16(20)21-4)17-15(19)8-6-13(18)14-7-5-11(3)22-14/h5,7,10,12H,6,8-9H2,1-4H3,(H,17,19). The maximum absolute atomic E-state index is 12.0. The van der Waals surface area contributed by atoms with Crippen molar-refractivity contribution in [3.63, 3.8) is 0 Å². The summed E-state index contributed by atoms with van der Waals surface area (Å²) in [6.45, 7) is 5.86. The van der Waals surface area contributed by atoms with Gasteiger partial charge in [0.1, 0.15) is 6.04 Å². The van der Waals surface area contributed by atoms with E-state index in [0.717, 1.165) is 4.88 Å². The molecule has 1 aromatic heterocycles. The predicted molar refractivity (Wildman–Crippen MR) is 86.0 cm³/mol. The molecule has 22 heavy (non-hydrogen) atoms. The highest BCUT2D eigenvalue weighted by molar-refractivity contribution is 7.14. The van der Waals surface area contributed by atoms with E-state index in [4.69, 9.17) is 4.74 Å². The lowest BCUT2D eigenvalue weighted by Crippen LogP contribution is -2.42. The van der Waals surface area contributed by atoms with E-state index in [1.54, 1.807) is 6.07 Å². The molecule has 6 heteroatoms. The van der Waals surface area contributed by atoms with Gasteiger partial charge in [0.05, 0.1) is 12.0 Å². The Balaban J connectivity index is 2.49. The summed E-state index contributed by atoms with van der Waals surface area (Å²) in [6.07, 6.45) is 0.721. The SMILES string of the molecule is COC(=O)C(CC(C)C)NC(=O)CCC(=O)c1ccc(C)s1. The number of thiophene rings is 1. The van der Waals surface area contributed by atoms with E-state index in [1.165, 1.54) is 18.4 Å². The first-order valence-electron chi connectivity index (χ1n) is 7.30. The van der Waals surface area contributed by atoms with Crippen LogP contribution in [0.25, 0.3) is 0 Å². The third-order valence-corrected chi connectivity index (χ3v) is 4.16. The van der Waals surface area contributed by atoms with Crippen LogP contribution in [0.5, 0.6) is 0 Å². The number of methoxy groups -OCH3 is 1. The summed E-state index contributed by atoms with van der Waals surface area (Å²) in [4.78, 5) is 37.3. The van der Waals surface area contributed by atoms with Gasteiger partial charge in [0.2, 0.25) is 5.91 Å². The summed E-state index contributed by atoms with van der Waals surface area (Å²) in [6, 6.07) is 3.00. The molecule has 0 aliphatic heterocycles. The summed E-state index contributed by atoms with van der Waals surface area (Å²) in [5.74, 6) is -0.563. The number of amides is 1. The fourth-order valence-corrected chi connectivity index (χ4v) is 2.86. The van der Waals surface area contributed by atoms with Crippen LogP contribution >= 0.6 is 11.3 Å². The summed E-state index contributed by atoms with van der Waals surface area (Å²) in [5.41, 5.74) is 0. The number of carbonyl (C=O) groups excluding carboxylic acids is 3. The normalized spacial score (nSPS) is 12.0. The molecule has 122 valence electrons. The molecule has 5 nitrogen and oxygen atoms in total. The second kappa shape index (κ2) is 8.68. The first kappa shape index (κ1) is 18.4. The van der Waals surface area contributed by atoms with Crippen LogP contribution in [0, 0.1) is 12.8 Å². The zero-order chi connectivity index (χ0) is 16.7. The van der Waals surface area contributed by atoms with E-state index in [1.807, 2.05) is 26.8 Å². The lowest BCUT2D eigenvalue weighted by molar-refractivity contribution is -0.145. The van der Waals surface area contributed by atoms with Crippen LogP contribution in [-0.2, 0) is 14.3 Å². The number of nitrogens with one attached hydrogen (secondary N) is 1. The minimum absolute atomic E-state index is 0.0493. The van der Waals surface area contributed by atoms with Crippen LogP contribution in [0.1, 0.15) is 47.7 Å². The van der Waals surface area contributed by atoms with Crippen LogP contribution in [-0.4, -0.2) is 30.8 Å². The van der Waals surface area contributed by atoms with Gasteiger partial charge in [-0.3, -0.25) is 9.59 Å². The fourth-order valence-electron chi connectivity index (χ4n) is 2.03. The van der Waals surface area contributed by atoms with Crippen molar-refractivity contribution in [1.29, 1.82) is 0 Å². The Labute approximate surface area is 135 Å². The van der Waals surface area contributed by atoms with Crippen molar-refractivity contribution in [3.8, 4) is 0 Å². The number of carbonyl (C=O) groups is 3. The van der Waals surface area contributed by atoms with Crippen molar-refractivity contribution < 1.29 is 19.1 Å². The molecule has 1 heterocycles. The average Bonchev–Trinajstić information content (AvgIpc) is 2.89. The average molecular weight is 325 g/mol. The number of ether oxygens (including phenoxy) is 1. The summed E-state index contributed by atoms with van der Waals surface area (Å²) < 4.78 is 4.69. The third kappa shape index (κ3) is 5.97. The zero-order valence-electron chi connectivity index (χ0n) is 13.5. The van der Waals surface area contributed by atoms with Crippen LogP contribution in [0.15, 0.2) is 12.1 Å². The number of esters is 1. The van der Waals surface area contributed by atoms with Gasteiger partial charge in [-0.15, -0.1) is 11.3 Å². The Morgan fingerprint density at radius 2 is 1.91 bits per heavy atom. The summed E-state index contributed by atoms with van der Waals surface area (Å²) in [5, 5.41) is 2.65. The molecule has 0 radical (unpaired) electrons. The van der Waals surface area contributed by atoms with E-state index in [-0.39, 0.29) is 30.4 Å². The van der Waals surface area contributed by atoms with Crippen molar-refractivity contribution in [3.05, 3.63) is 21.9 Å². The highest BCUT2D eigenvalue weighted by Gasteiger charge is 2.22. The zero-order valence-corrected chi connectivity index (χ0v) is 14.3. The third-order valence-electron chi connectivity index (χ3n) is 3.12. The van der Waals surface area contributed by atoms with Gasteiger partial charge in [-0.25, -0.2) is 4.79 Å². The molecule has 1 aromatic rings. The molecule has 0 aromatic carbocycles. The van der Waals surface area contributed by atoms with Crippen molar-refractivity contribution in [2.45, 2.75) is 46.1 Å². The van der Waals surface area contributed by atoms with Gasteiger partial charge in [-0.2, -0.15) is 0 Å². The monoisotopic (exact) mass is 325 g/mol. The predicted octanol–water partition coefficient (Wildman–Crippen LogP) is 2.72. The topological polar surface area (TPSA) is 72.5 Å². The Hall–Kier alpha value is -1.69. The highest BCUT2D eigenvalue weighted by atomic mass is 32.1. The van der Waals surface area contributed by atoms with Gasteiger partial charge in [0.25, 0.3) is 0 Å². The number of Topliss-reactive ketones (excluding diaryl/α,β-unsaturated/α-hetero) is 1. The van der Waals surface area contributed by atoms with Crippen LogP contribution < -0.4 is 5.32 Å². The fraction of sp³-hybridized carbons (Fsp3) is 0.562. The first-order chi connectivity index (χ1) is 10.3. The summed E-state index contributed by atoms with van der Waals surface area (Å²) in [7, 11) is 1.30.